The molecule has 0 fully saturated rings. The molecule has 0 radical (unpaired) electrons. The molecule has 0 bridgehead atoms. The maximum absolute atomic E-state index is 9.03. The van der Waals surface area contributed by atoms with Crippen LogP contribution in [0.5, 0.6) is 0 Å². The van der Waals surface area contributed by atoms with E-state index in [1.165, 1.54) is 0 Å². The summed E-state index contributed by atoms with van der Waals surface area (Å²) in [4.78, 5) is 0. The SMILES string of the molecule is CC1(CO)C=CC=C(C#N)C=C1. The zero-order valence-electron chi connectivity index (χ0n) is 6.99. The predicted octanol–water partition coefficient (Wildman–Crippen LogP) is 1.56. The molecule has 0 saturated carbocycles. The topological polar surface area (TPSA) is 44.0 Å². The monoisotopic (exact) mass is 161 g/mol. The van der Waals surface area contributed by atoms with E-state index in [0.717, 1.165) is 0 Å². The summed E-state index contributed by atoms with van der Waals surface area (Å²) in [6.07, 6.45) is 8.99. The van der Waals surface area contributed by atoms with Gasteiger partial charge in [0, 0.05) is 5.41 Å². The molecule has 1 aliphatic rings. The first-order valence-electron chi connectivity index (χ1n) is 3.80. The van der Waals surface area contributed by atoms with E-state index in [-0.39, 0.29) is 12.0 Å². The normalized spacial score (nSPS) is 27.6. The molecule has 1 rings (SSSR count). The van der Waals surface area contributed by atoms with Gasteiger partial charge in [-0.1, -0.05) is 25.2 Å². The van der Waals surface area contributed by atoms with E-state index in [9.17, 15) is 0 Å². The Morgan fingerprint density at radius 1 is 1.58 bits per heavy atom. The van der Waals surface area contributed by atoms with Crippen molar-refractivity contribution in [2.24, 2.45) is 5.41 Å². The zero-order chi connectivity index (χ0) is 9.03. The van der Waals surface area contributed by atoms with E-state index in [0.29, 0.717) is 5.57 Å². The van der Waals surface area contributed by atoms with Crippen molar-refractivity contribution in [2.75, 3.05) is 6.61 Å². The molecule has 0 aromatic rings. The van der Waals surface area contributed by atoms with Crippen LogP contribution in [0.4, 0.5) is 0 Å². The Kier molecular flexibility index (Phi) is 2.47. The molecule has 0 aromatic heterocycles. The second-order valence-electron chi connectivity index (χ2n) is 3.09. The third kappa shape index (κ3) is 1.84. The van der Waals surface area contributed by atoms with Crippen molar-refractivity contribution in [3.05, 3.63) is 36.0 Å². The number of hydrogen-bond donors (Lipinski definition) is 1. The Morgan fingerprint density at radius 3 is 2.92 bits per heavy atom. The minimum Gasteiger partial charge on any atom is -0.395 e. The Morgan fingerprint density at radius 2 is 2.33 bits per heavy atom. The van der Waals surface area contributed by atoms with Gasteiger partial charge in [0.25, 0.3) is 0 Å². The molecule has 0 aromatic carbocycles. The summed E-state index contributed by atoms with van der Waals surface area (Å²) < 4.78 is 0. The van der Waals surface area contributed by atoms with E-state index < -0.39 is 0 Å². The van der Waals surface area contributed by atoms with Crippen molar-refractivity contribution in [3.8, 4) is 6.07 Å². The summed E-state index contributed by atoms with van der Waals surface area (Å²) in [5, 5.41) is 17.6. The first kappa shape index (κ1) is 8.76. The standard InChI is InChI=1S/C10H11NO/c1-10(8-12)5-2-3-9(7-11)4-6-10/h2-6,12H,8H2,1H3. The summed E-state index contributed by atoms with van der Waals surface area (Å²) in [6, 6.07) is 2.05. The molecule has 1 atom stereocenters. The molecule has 12 heavy (non-hydrogen) atoms. The van der Waals surface area contributed by atoms with Gasteiger partial charge in [-0.2, -0.15) is 5.26 Å². The van der Waals surface area contributed by atoms with Crippen molar-refractivity contribution in [1.82, 2.24) is 0 Å². The summed E-state index contributed by atoms with van der Waals surface area (Å²) in [5.74, 6) is 0. The minimum atomic E-state index is -0.324. The van der Waals surface area contributed by atoms with Crippen molar-refractivity contribution in [1.29, 1.82) is 5.26 Å². The molecule has 2 nitrogen and oxygen atoms in total. The Balaban J connectivity index is 2.92. The van der Waals surface area contributed by atoms with Gasteiger partial charge in [-0.25, -0.2) is 0 Å². The lowest BCUT2D eigenvalue weighted by molar-refractivity contribution is 0.220. The molecule has 1 N–H and O–H groups in total. The van der Waals surface area contributed by atoms with E-state index in [1.54, 1.807) is 18.2 Å². The smallest absolute Gasteiger partial charge is 0.0991 e. The summed E-state index contributed by atoms with van der Waals surface area (Å²) in [7, 11) is 0. The first-order valence-corrected chi connectivity index (χ1v) is 3.80. The van der Waals surface area contributed by atoms with E-state index in [1.807, 2.05) is 25.1 Å². The third-order valence-electron chi connectivity index (χ3n) is 1.87. The Hall–Kier alpha value is -1.33. The lowest BCUT2D eigenvalue weighted by atomic mass is 9.91. The second-order valence-corrected chi connectivity index (χ2v) is 3.09. The molecule has 0 heterocycles. The number of aliphatic hydroxyl groups excluding tert-OH is 1. The van der Waals surface area contributed by atoms with Crippen LogP contribution in [0.1, 0.15) is 6.92 Å². The molecule has 62 valence electrons. The molecule has 0 saturated heterocycles. The van der Waals surface area contributed by atoms with Gasteiger partial charge in [0.15, 0.2) is 0 Å². The fourth-order valence-electron chi connectivity index (χ4n) is 0.943. The van der Waals surface area contributed by atoms with Crippen molar-refractivity contribution in [2.45, 2.75) is 6.92 Å². The average Bonchev–Trinajstić information content (AvgIpc) is 2.28. The van der Waals surface area contributed by atoms with Crippen molar-refractivity contribution >= 4 is 0 Å². The van der Waals surface area contributed by atoms with Crippen LogP contribution >= 0.6 is 0 Å². The van der Waals surface area contributed by atoms with Gasteiger partial charge in [-0.05, 0) is 12.2 Å². The van der Waals surface area contributed by atoms with Crippen molar-refractivity contribution < 1.29 is 5.11 Å². The van der Waals surface area contributed by atoms with Crippen molar-refractivity contribution in [3.63, 3.8) is 0 Å². The maximum Gasteiger partial charge on any atom is 0.0991 e. The number of allylic oxidation sites excluding steroid dienone is 4. The molecule has 0 spiro atoms. The zero-order valence-corrected chi connectivity index (χ0v) is 6.99. The van der Waals surface area contributed by atoms with Crippen LogP contribution in [-0.2, 0) is 0 Å². The molecular weight excluding hydrogens is 150 g/mol. The molecule has 0 amide bonds. The molecule has 1 unspecified atom stereocenters. The van der Waals surface area contributed by atoms with Gasteiger partial charge in [0.05, 0.1) is 18.2 Å². The van der Waals surface area contributed by atoms with Crippen LogP contribution in [0.15, 0.2) is 36.0 Å². The molecule has 0 aliphatic heterocycles. The van der Waals surface area contributed by atoms with Crippen LogP contribution in [0.25, 0.3) is 0 Å². The highest BCUT2D eigenvalue weighted by Gasteiger charge is 2.16. The quantitative estimate of drug-likeness (QED) is 0.634. The lowest BCUT2D eigenvalue weighted by Gasteiger charge is -2.16. The number of nitrogens with zero attached hydrogens (tertiary/aromatic N) is 1. The first-order chi connectivity index (χ1) is 5.70. The van der Waals surface area contributed by atoms with Crippen LogP contribution < -0.4 is 0 Å². The van der Waals surface area contributed by atoms with Gasteiger partial charge >= 0.3 is 0 Å². The third-order valence-corrected chi connectivity index (χ3v) is 1.87. The number of rotatable bonds is 1. The summed E-state index contributed by atoms with van der Waals surface area (Å²) in [5.41, 5.74) is 0.290. The highest BCUT2D eigenvalue weighted by atomic mass is 16.3. The maximum atomic E-state index is 9.03. The van der Waals surface area contributed by atoms with Crippen LogP contribution in [0, 0.1) is 16.7 Å². The van der Waals surface area contributed by atoms with E-state index in [2.05, 4.69) is 0 Å². The van der Waals surface area contributed by atoms with E-state index in [4.69, 9.17) is 10.4 Å². The van der Waals surface area contributed by atoms with Gasteiger partial charge in [-0.15, -0.1) is 0 Å². The minimum absolute atomic E-state index is 0.0621. The lowest BCUT2D eigenvalue weighted by Crippen LogP contribution is -2.14. The number of nitriles is 1. The second kappa shape index (κ2) is 3.38. The van der Waals surface area contributed by atoms with Gasteiger partial charge in [0.1, 0.15) is 0 Å². The highest BCUT2D eigenvalue weighted by Crippen LogP contribution is 2.22. The van der Waals surface area contributed by atoms with Crippen LogP contribution in [-0.4, -0.2) is 11.7 Å². The van der Waals surface area contributed by atoms with Gasteiger partial charge in [-0.3, -0.25) is 0 Å². The average molecular weight is 161 g/mol. The highest BCUT2D eigenvalue weighted by molar-refractivity contribution is 5.39. The molecule has 1 aliphatic carbocycles. The van der Waals surface area contributed by atoms with Crippen LogP contribution in [0.3, 0.4) is 0 Å². The summed E-state index contributed by atoms with van der Waals surface area (Å²) in [6.45, 7) is 1.97. The van der Waals surface area contributed by atoms with Gasteiger partial charge in [0.2, 0.25) is 0 Å². The fourth-order valence-corrected chi connectivity index (χ4v) is 0.943. The fraction of sp³-hybridized carbons (Fsp3) is 0.300. The Labute approximate surface area is 72.1 Å². The van der Waals surface area contributed by atoms with E-state index >= 15 is 0 Å². The Bertz CT molecular complexity index is 293. The number of hydrogen-bond acceptors (Lipinski definition) is 2. The largest absolute Gasteiger partial charge is 0.395 e. The van der Waals surface area contributed by atoms with Crippen LogP contribution in [0.2, 0.25) is 0 Å². The molecule has 2 heteroatoms. The summed E-state index contributed by atoms with van der Waals surface area (Å²) >= 11 is 0. The molecular formula is C10H11NO. The number of aliphatic hydroxyl groups is 1. The van der Waals surface area contributed by atoms with Gasteiger partial charge < -0.3 is 5.11 Å². The predicted molar refractivity (Wildman–Crippen MR) is 47.2 cm³/mol.